The third kappa shape index (κ3) is 14.3. The van der Waals surface area contributed by atoms with Crippen LogP contribution < -0.4 is 4.74 Å². The monoisotopic (exact) mass is 476 g/mol. The van der Waals surface area contributed by atoms with Crippen molar-refractivity contribution in [2.45, 2.75) is 136 Å². The maximum absolute atomic E-state index is 11.4. The zero-order valence-corrected chi connectivity index (χ0v) is 21.7. The van der Waals surface area contributed by atoms with Gasteiger partial charge in [0.15, 0.2) is 0 Å². The van der Waals surface area contributed by atoms with Gasteiger partial charge >= 0.3 is 11.9 Å². The number of carbonyl (C=O) groups is 2. The second-order valence-corrected chi connectivity index (χ2v) is 9.62. The molecule has 1 aromatic rings. The molecule has 0 saturated carbocycles. The van der Waals surface area contributed by atoms with E-state index < -0.39 is 11.9 Å². The van der Waals surface area contributed by atoms with E-state index in [-0.39, 0.29) is 17.2 Å². The van der Waals surface area contributed by atoms with Crippen LogP contribution >= 0.6 is 0 Å². The van der Waals surface area contributed by atoms with Gasteiger partial charge in [-0.05, 0) is 43.9 Å². The Kier molecular flexibility index (Phi) is 17.0. The topological polar surface area (TPSA) is 83.8 Å². The molecule has 0 unspecified atom stereocenters. The van der Waals surface area contributed by atoms with Gasteiger partial charge in [0.25, 0.3) is 0 Å². The van der Waals surface area contributed by atoms with Crippen molar-refractivity contribution in [3.05, 3.63) is 29.3 Å². The molecule has 5 heteroatoms. The molecule has 5 nitrogen and oxygen atoms in total. The first-order valence-corrected chi connectivity index (χ1v) is 13.8. The van der Waals surface area contributed by atoms with Crippen LogP contribution in [0.1, 0.15) is 150 Å². The highest BCUT2D eigenvalue weighted by atomic mass is 16.5. The maximum Gasteiger partial charge on any atom is 0.335 e. The Morgan fingerprint density at radius 3 is 1.32 bits per heavy atom. The van der Waals surface area contributed by atoms with E-state index in [1.165, 1.54) is 108 Å². The number of carboxylic acids is 2. The summed E-state index contributed by atoms with van der Waals surface area (Å²) in [4.78, 5) is 22.9. The number of benzene rings is 1. The quantitative estimate of drug-likeness (QED) is 0.163. The van der Waals surface area contributed by atoms with Crippen molar-refractivity contribution < 1.29 is 24.5 Å². The highest BCUT2D eigenvalue weighted by molar-refractivity contribution is 5.94. The Balaban J connectivity index is 2.59. The summed E-state index contributed by atoms with van der Waals surface area (Å²) in [5.41, 5.74) is -0.0967. The van der Waals surface area contributed by atoms with Crippen molar-refractivity contribution in [1.29, 1.82) is 0 Å². The third-order valence-electron chi connectivity index (χ3n) is 6.46. The smallest absolute Gasteiger partial charge is 0.335 e. The van der Waals surface area contributed by atoms with Crippen LogP contribution in [-0.4, -0.2) is 28.3 Å². The molecule has 1 rings (SSSR count). The molecule has 0 heterocycles. The van der Waals surface area contributed by atoms with E-state index in [1.54, 1.807) is 0 Å². The number of hydrogen-bond acceptors (Lipinski definition) is 3. The molecule has 0 aliphatic rings. The average Bonchev–Trinajstić information content (AvgIpc) is 2.81. The lowest BCUT2D eigenvalue weighted by Gasteiger charge is -2.20. The van der Waals surface area contributed by atoms with Gasteiger partial charge in [-0.15, -0.1) is 0 Å². The molecule has 0 atom stereocenters. The summed E-state index contributed by atoms with van der Waals surface area (Å²) >= 11 is 0. The molecule has 194 valence electrons. The standard InChI is InChI=1S/C29H48O5/c1-3-5-7-9-11-13-15-17-19-26(20-18-16-14-12-10-8-6-4-2)34-27-22-24(28(30)31)21-25(23-27)29(32)33/h21-23,26H,3-20H2,1-2H3,(H,30,31)(H,32,33). The summed E-state index contributed by atoms with van der Waals surface area (Å²) in [5, 5.41) is 18.7. The molecule has 0 aliphatic heterocycles. The summed E-state index contributed by atoms with van der Waals surface area (Å²) in [7, 11) is 0. The second-order valence-electron chi connectivity index (χ2n) is 9.62. The van der Waals surface area contributed by atoms with Crippen LogP contribution in [0.2, 0.25) is 0 Å². The third-order valence-corrected chi connectivity index (χ3v) is 6.46. The summed E-state index contributed by atoms with van der Waals surface area (Å²) in [6.07, 6.45) is 21.9. The number of aromatic carboxylic acids is 2. The maximum atomic E-state index is 11.4. The normalized spacial score (nSPS) is 11.1. The molecular weight excluding hydrogens is 428 g/mol. The Hall–Kier alpha value is -2.04. The second kappa shape index (κ2) is 19.3. The first-order chi connectivity index (χ1) is 16.5. The molecule has 0 saturated heterocycles. The van der Waals surface area contributed by atoms with E-state index in [2.05, 4.69) is 13.8 Å². The highest BCUT2D eigenvalue weighted by Gasteiger charge is 2.16. The van der Waals surface area contributed by atoms with Crippen LogP contribution in [0.5, 0.6) is 5.75 Å². The van der Waals surface area contributed by atoms with Crippen LogP contribution in [0.15, 0.2) is 18.2 Å². The summed E-state index contributed by atoms with van der Waals surface area (Å²) in [5.74, 6) is -1.94. The lowest BCUT2D eigenvalue weighted by Crippen LogP contribution is -2.17. The Bertz CT molecular complexity index is 633. The van der Waals surface area contributed by atoms with Crippen molar-refractivity contribution in [2.24, 2.45) is 0 Å². The molecule has 34 heavy (non-hydrogen) atoms. The van der Waals surface area contributed by atoms with Gasteiger partial charge in [-0.2, -0.15) is 0 Å². The van der Waals surface area contributed by atoms with Gasteiger partial charge in [-0.1, -0.05) is 104 Å². The van der Waals surface area contributed by atoms with Crippen molar-refractivity contribution in [2.75, 3.05) is 0 Å². The van der Waals surface area contributed by atoms with Gasteiger partial charge in [-0.25, -0.2) is 9.59 Å². The summed E-state index contributed by atoms with van der Waals surface area (Å²) in [6, 6.07) is 4.08. The minimum absolute atomic E-state index is 0.00845. The lowest BCUT2D eigenvalue weighted by atomic mass is 10.0. The lowest BCUT2D eigenvalue weighted by molar-refractivity contribution is 0.0695. The van der Waals surface area contributed by atoms with Crippen LogP contribution in [0, 0.1) is 0 Å². The Morgan fingerprint density at radius 1 is 0.618 bits per heavy atom. The van der Waals surface area contributed by atoms with Crippen molar-refractivity contribution in [1.82, 2.24) is 0 Å². The van der Waals surface area contributed by atoms with Crippen LogP contribution in [0.25, 0.3) is 0 Å². The van der Waals surface area contributed by atoms with Crippen molar-refractivity contribution in [3.8, 4) is 5.75 Å². The predicted octanol–water partition coefficient (Wildman–Crippen LogP) is 8.89. The summed E-state index contributed by atoms with van der Waals surface area (Å²) < 4.78 is 6.19. The summed E-state index contributed by atoms with van der Waals surface area (Å²) in [6.45, 7) is 4.47. The molecule has 0 bridgehead atoms. The van der Waals surface area contributed by atoms with E-state index in [0.29, 0.717) is 5.75 Å². The van der Waals surface area contributed by atoms with E-state index in [4.69, 9.17) is 4.74 Å². The fourth-order valence-corrected chi connectivity index (χ4v) is 4.38. The number of rotatable bonds is 22. The van der Waals surface area contributed by atoms with Gasteiger partial charge in [0.2, 0.25) is 0 Å². The molecule has 0 spiro atoms. The minimum Gasteiger partial charge on any atom is -0.490 e. The van der Waals surface area contributed by atoms with Gasteiger partial charge in [-0.3, -0.25) is 0 Å². The van der Waals surface area contributed by atoms with E-state index in [1.807, 2.05) is 0 Å². The number of unbranched alkanes of at least 4 members (excludes halogenated alkanes) is 14. The van der Waals surface area contributed by atoms with Crippen LogP contribution in [0.3, 0.4) is 0 Å². The molecule has 0 fully saturated rings. The first-order valence-electron chi connectivity index (χ1n) is 13.8. The van der Waals surface area contributed by atoms with Gasteiger partial charge in [0.1, 0.15) is 5.75 Å². The highest BCUT2D eigenvalue weighted by Crippen LogP contribution is 2.24. The number of hydrogen-bond donors (Lipinski definition) is 2. The fraction of sp³-hybridized carbons (Fsp3) is 0.724. The zero-order valence-electron chi connectivity index (χ0n) is 21.7. The number of ether oxygens (including phenoxy) is 1. The van der Waals surface area contributed by atoms with E-state index in [9.17, 15) is 19.8 Å². The molecule has 0 aliphatic carbocycles. The van der Waals surface area contributed by atoms with Crippen molar-refractivity contribution >= 4 is 11.9 Å². The largest absolute Gasteiger partial charge is 0.490 e. The van der Waals surface area contributed by atoms with E-state index in [0.717, 1.165) is 25.7 Å². The molecule has 0 amide bonds. The molecular formula is C29H48O5. The average molecular weight is 477 g/mol. The molecule has 0 radical (unpaired) electrons. The van der Waals surface area contributed by atoms with Gasteiger partial charge < -0.3 is 14.9 Å². The Morgan fingerprint density at radius 2 is 0.971 bits per heavy atom. The molecule has 1 aromatic carbocycles. The molecule has 0 aromatic heterocycles. The van der Waals surface area contributed by atoms with Crippen LogP contribution in [0.4, 0.5) is 0 Å². The van der Waals surface area contributed by atoms with E-state index >= 15 is 0 Å². The fourth-order valence-electron chi connectivity index (χ4n) is 4.38. The molecule has 2 N–H and O–H groups in total. The van der Waals surface area contributed by atoms with Gasteiger partial charge in [0.05, 0.1) is 17.2 Å². The first kappa shape index (κ1) is 30.0. The predicted molar refractivity (Wildman–Crippen MR) is 139 cm³/mol. The van der Waals surface area contributed by atoms with Crippen molar-refractivity contribution in [3.63, 3.8) is 0 Å². The minimum atomic E-state index is -1.14. The zero-order chi connectivity index (χ0) is 25.0. The number of carboxylic acid groups (broad SMARTS) is 2. The van der Waals surface area contributed by atoms with Gasteiger partial charge in [0, 0.05) is 0 Å². The van der Waals surface area contributed by atoms with Crippen LogP contribution in [-0.2, 0) is 0 Å². The SMILES string of the molecule is CCCCCCCCCCC(CCCCCCCCCC)Oc1cc(C(=O)O)cc(C(=O)O)c1. The Labute approximate surface area is 207 Å².